The van der Waals surface area contributed by atoms with Crippen LogP contribution in [0.3, 0.4) is 0 Å². The summed E-state index contributed by atoms with van der Waals surface area (Å²) < 4.78 is 30.4. The molecule has 1 aromatic carbocycles. The number of aliphatic hydroxyl groups is 1. The van der Waals surface area contributed by atoms with E-state index in [1.165, 1.54) is 6.08 Å². The van der Waals surface area contributed by atoms with Crippen molar-refractivity contribution in [3.05, 3.63) is 40.8 Å². The second kappa shape index (κ2) is 5.68. The molecule has 1 fully saturated rings. The highest BCUT2D eigenvalue weighted by atomic mass is 32.2. The molecule has 0 saturated carbocycles. The van der Waals surface area contributed by atoms with E-state index in [0.29, 0.717) is 6.61 Å². The standard InChI is InChI=1S/C15H20O4S/c1-10(2)15(16)14(8-12-9-19-12)20(17,18)13-6-4-11(3)5-7-13/h4-8,10,12,15-16H,9H2,1-3H3/b14-8+/t12-,15+/m1/s1. The van der Waals surface area contributed by atoms with Crippen molar-refractivity contribution in [3.63, 3.8) is 0 Å². The summed E-state index contributed by atoms with van der Waals surface area (Å²) in [5.41, 5.74) is 0.990. The van der Waals surface area contributed by atoms with Gasteiger partial charge in [0, 0.05) is 0 Å². The summed E-state index contributed by atoms with van der Waals surface area (Å²) in [5.74, 6) is -0.180. The monoisotopic (exact) mass is 296 g/mol. The first kappa shape index (κ1) is 15.2. The highest BCUT2D eigenvalue weighted by molar-refractivity contribution is 7.95. The lowest BCUT2D eigenvalue weighted by Crippen LogP contribution is -2.24. The molecular weight excluding hydrogens is 276 g/mol. The van der Waals surface area contributed by atoms with Gasteiger partial charge in [-0.25, -0.2) is 8.42 Å². The van der Waals surface area contributed by atoms with E-state index in [2.05, 4.69) is 0 Å². The highest BCUT2D eigenvalue weighted by Gasteiger charge is 2.32. The van der Waals surface area contributed by atoms with Crippen molar-refractivity contribution in [3.8, 4) is 0 Å². The van der Waals surface area contributed by atoms with Gasteiger partial charge in [-0.2, -0.15) is 0 Å². The molecular formula is C15H20O4S. The Balaban J connectivity index is 2.44. The quantitative estimate of drug-likeness (QED) is 0.845. The van der Waals surface area contributed by atoms with Crippen molar-refractivity contribution in [2.24, 2.45) is 5.92 Å². The number of hydrogen-bond acceptors (Lipinski definition) is 4. The fourth-order valence-electron chi connectivity index (χ4n) is 1.86. The predicted octanol–water partition coefficient (Wildman–Crippen LogP) is 2.07. The van der Waals surface area contributed by atoms with Crippen molar-refractivity contribution in [1.82, 2.24) is 0 Å². The highest BCUT2D eigenvalue weighted by Crippen LogP contribution is 2.28. The molecule has 5 heteroatoms. The van der Waals surface area contributed by atoms with Crippen molar-refractivity contribution in [2.45, 2.75) is 37.9 Å². The Hall–Kier alpha value is -1.17. The molecule has 1 aliphatic rings. The van der Waals surface area contributed by atoms with Gasteiger partial charge < -0.3 is 9.84 Å². The van der Waals surface area contributed by atoms with Crippen LogP contribution in [-0.2, 0) is 14.6 Å². The van der Waals surface area contributed by atoms with Crippen molar-refractivity contribution in [1.29, 1.82) is 0 Å². The lowest BCUT2D eigenvalue weighted by Gasteiger charge is -2.19. The molecule has 0 amide bonds. The summed E-state index contributed by atoms with van der Waals surface area (Å²) in [5, 5.41) is 10.2. The van der Waals surface area contributed by atoms with Gasteiger partial charge in [0.25, 0.3) is 0 Å². The summed E-state index contributed by atoms with van der Waals surface area (Å²) in [6, 6.07) is 6.64. The lowest BCUT2D eigenvalue weighted by atomic mass is 10.1. The van der Waals surface area contributed by atoms with Gasteiger partial charge >= 0.3 is 0 Å². The van der Waals surface area contributed by atoms with Crippen LogP contribution in [-0.4, -0.2) is 32.3 Å². The average Bonchev–Trinajstić information content (AvgIpc) is 3.19. The smallest absolute Gasteiger partial charge is 0.205 e. The molecule has 0 aliphatic carbocycles. The lowest BCUT2D eigenvalue weighted by molar-refractivity contribution is 0.166. The summed E-state index contributed by atoms with van der Waals surface area (Å²) in [7, 11) is -3.69. The molecule has 20 heavy (non-hydrogen) atoms. The van der Waals surface area contributed by atoms with E-state index in [1.54, 1.807) is 38.1 Å². The van der Waals surface area contributed by atoms with Gasteiger partial charge in [-0.1, -0.05) is 31.5 Å². The maximum absolute atomic E-state index is 12.7. The molecule has 1 saturated heterocycles. The second-order valence-electron chi connectivity index (χ2n) is 5.45. The zero-order chi connectivity index (χ0) is 14.9. The van der Waals surface area contributed by atoms with Gasteiger partial charge in [-0.05, 0) is 31.1 Å². The van der Waals surface area contributed by atoms with Crippen LogP contribution in [0, 0.1) is 12.8 Å². The van der Waals surface area contributed by atoms with Gasteiger partial charge in [-0.15, -0.1) is 0 Å². The minimum Gasteiger partial charge on any atom is -0.387 e. The Morgan fingerprint density at radius 2 is 1.90 bits per heavy atom. The number of rotatable bonds is 5. The SMILES string of the molecule is Cc1ccc(S(=O)(=O)/C(=C/[C@@H]2CO2)[C@@H](O)C(C)C)cc1. The minimum absolute atomic E-state index is 0.0406. The maximum Gasteiger partial charge on any atom is 0.205 e. The van der Waals surface area contributed by atoms with Crippen molar-refractivity contribution >= 4 is 9.84 Å². The number of benzene rings is 1. The van der Waals surface area contributed by atoms with E-state index in [0.717, 1.165) is 5.56 Å². The van der Waals surface area contributed by atoms with Crippen LogP contribution < -0.4 is 0 Å². The summed E-state index contributed by atoms with van der Waals surface area (Å²) >= 11 is 0. The molecule has 0 spiro atoms. The van der Waals surface area contributed by atoms with Crippen molar-refractivity contribution in [2.75, 3.05) is 6.61 Å². The van der Waals surface area contributed by atoms with Crippen LogP contribution in [0.4, 0.5) is 0 Å². The first-order valence-electron chi connectivity index (χ1n) is 6.65. The molecule has 4 nitrogen and oxygen atoms in total. The van der Waals surface area contributed by atoms with Crippen molar-refractivity contribution < 1.29 is 18.3 Å². The molecule has 2 rings (SSSR count). The Labute approximate surface area is 120 Å². The fraction of sp³-hybridized carbons (Fsp3) is 0.467. The fourth-order valence-corrected chi connectivity index (χ4v) is 3.55. The van der Waals surface area contributed by atoms with Crippen LogP contribution in [0.2, 0.25) is 0 Å². The first-order valence-corrected chi connectivity index (χ1v) is 8.14. The minimum atomic E-state index is -3.69. The number of ether oxygens (including phenoxy) is 1. The van der Waals surface area contributed by atoms with Gasteiger partial charge in [0.2, 0.25) is 9.84 Å². The van der Waals surface area contributed by atoms with Crippen LogP contribution >= 0.6 is 0 Å². The number of aryl methyl sites for hydroxylation is 1. The van der Waals surface area contributed by atoms with E-state index in [4.69, 9.17) is 4.74 Å². The second-order valence-corrected chi connectivity index (χ2v) is 7.40. The van der Waals surface area contributed by atoms with Crippen LogP contribution in [0.15, 0.2) is 40.1 Å². The average molecular weight is 296 g/mol. The molecule has 1 aliphatic heterocycles. The number of sulfone groups is 1. The molecule has 2 atom stereocenters. The molecule has 1 N–H and O–H groups in total. The third-order valence-corrected chi connectivity index (χ3v) is 5.16. The van der Waals surface area contributed by atoms with Crippen LogP contribution in [0.5, 0.6) is 0 Å². The van der Waals surface area contributed by atoms with Gasteiger partial charge in [0.1, 0.15) is 6.10 Å². The van der Waals surface area contributed by atoms with Gasteiger partial charge in [0.15, 0.2) is 0 Å². The topological polar surface area (TPSA) is 66.9 Å². The molecule has 0 bridgehead atoms. The third-order valence-electron chi connectivity index (χ3n) is 3.27. The largest absolute Gasteiger partial charge is 0.387 e. The van der Waals surface area contributed by atoms with Gasteiger partial charge in [-0.3, -0.25) is 0 Å². The zero-order valence-corrected chi connectivity index (χ0v) is 12.7. The maximum atomic E-state index is 12.7. The van der Waals surface area contributed by atoms with Crippen LogP contribution in [0.25, 0.3) is 0 Å². The molecule has 0 aromatic heterocycles. The molecule has 110 valence electrons. The normalized spacial score (nSPS) is 21.1. The Kier molecular flexibility index (Phi) is 4.32. The molecule has 0 radical (unpaired) electrons. The van der Waals surface area contributed by atoms with Crippen LogP contribution in [0.1, 0.15) is 19.4 Å². The Bertz CT molecular complexity index is 595. The summed E-state index contributed by atoms with van der Waals surface area (Å²) in [4.78, 5) is 0.244. The van der Waals surface area contributed by atoms with E-state index >= 15 is 0 Å². The Morgan fingerprint density at radius 1 is 1.35 bits per heavy atom. The van der Waals surface area contributed by atoms with E-state index in [-0.39, 0.29) is 21.8 Å². The first-order chi connectivity index (χ1) is 9.32. The zero-order valence-electron chi connectivity index (χ0n) is 11.9. The van der Waals surface area contributed by atoms with E-state index in [1.807, 2.05) is 6.92 Å². The molecule has 1 heterocycles. The number of hydrogen-bond donors (Lipinski definition) is 1. The molecule has 1 aromatic rings. The summed E-state index contributed by atoms with van der Waals surface area (Å²) in [6.45, 7) is 5.99. The van der Waals surface area contributed by atoms with Gasteiger partial charge in [0.05, 0.1) is 22.5 Å². The summed E-state index contributed by atoms with van der Waals surface area (Å²) in [6.07, 6.45) is 0.309. The Morgan fingerprint density at radius 3 is 2.35 bits per heavy atom. The number of aliphatic hydroxyl groups excluding tert-OH is 1. The van der Waals surface area contributed by atoms with E-state index < -0.39 is 15.9 Å². The predicted molar refractivity (Wildman–Crippen MR) is 77.0 cm³/mol. The molecule has 0 unspecified atom stereocenters. The number of epoxide rings is 1. The van der Waals surface area contributed by atoms with E-state index in [9.17, 15) is 13.5 Å². The third kappa shape index (κ3) is 3.29.